The Morgan fingerprint density at radius 2 is 1.18 bits per heavy atom. The van der Waals surface area contributed by atoms with E-state index in [4.69, 9.17) is 5.11 Å². The first-order chi connectivity index (χ1) is 8.35. The van der Waals surface area contributed by atoms with E-state index >= 15 is 0 Å². The summed E-state index contributed by atoms with van der Waals surface area (Å²) >= 11 is 0. The fourth-order valence-corrected chi connectivity index (χ4v) is 2.50. The van der Waals surface area contributed by atoms with Crippen LogP contribution >= 0.6 is 0 Å². The molecule has 0 amide bonds. The van der Waals surface area contributed by atoms with Gasteiger partial charge in [-0.05, 0) is 12.3 Å². The molecule has 0 saturated carbocycles. The first-order valence-electron chi connectivity index (χ1n) is 7.96. The average molecular weight is 242 g/mol. The fraction of sp³-hybridized carbons (Fsp3) is 1.00. The van der Waals surface area contributed by atoms with Crippen molar-refractivity contribution in [2.24, 2.45) is 5.92 Å². The highest BCUT2D eigenvalue weighted by Gasteiger charge is 2.07. The van der Waals surface area contributed by atoms with E-state index in [0.717, 1.165) is 12.3 Å². The molecule has 0 aliphatic rings. The Bertz CT molecular complexity index is 133. The van der Waals surface area contributed by atoms with Gasteiger partial charge in [-0.15, -0.1) is 0 Å². The van der Waals surface area contributed by atoms with Crippen LogP contribution in [0.1, 0.15) is 90.9 Å². The van der Waals surface area contributed by atoms with E-state index < -0.39 is 0 Å². The molecule has 0 aromatic rings. The maximum Gasteiger partial charge on any atom is 0.0433 e. The van der Waals surface area contributed by atoms with Crippen LogP contribution in [-0.4, -0.2) is 11.7 Å². The standard InChI is InChI=1S/C16H34O/c1-3-5-7-8-9-10-11-13-16(14-15-17)12-6-4-2/h16-17H,3-15H2,1-2H3. The monoisotopic (exact) mass is 242 g/mol. The van der Waals surface area contributed by atoms with Gasteiger partial charge in [-0.2, -0.15) is 0 Å². The van der Waals surface area contributed by atoms with Crippen molar-refractivity contribution in [3.63, 3.8) is 0 Å². The molecule has 1 nitrogen and oxygen atoms in total. The van der Waals surface area contributed by atoms with Gasteiger partial charge in [0, 0.05) is 6.61 Å². The zero-order valence-corrected chi connectivity index (χ0v) is 12.2. The summed E-state index contributed by atoms with van der Waals surface area (Å²) in [7, 11) is 0. The summed E-state index contributed by atoms with van der Waals surface area (Å²) in [5.74, 6) is 0.788. The van der Waals surface area contributed by atoms with Crippen molar-refractivity contribution in [3.8, 4) is 0 Å². The van der Waals surface area contributed by atoms with Crippen LogP contribution in [0.4, 0.5) is 0 Å². The van der Waals surface area contributed by atoms with Gasteiger partial charge in [0.1, 0.15) is 0 Å². The van der Waals surface area contributed by atoms with E-state index in [0.29, 0.717) is 6.61 Å². The highest BCUT2D eigenvalue weighted by Crippen LogP contribution is 2.20. The van der Waals surface area contributed by atoms with Crippen LogP contribution in [0.5, 0.6) is 0 Å². The fourth-order valence-electron chi connectivity index (χ4n) is 2.50. The number of unbranched alkanes of at least 4 members (excludes halogenated alkanes) is 7. The minimum Gasteiger partial charge on any atom is -0.396 e. The molecule has 0 heterocycles. The van der Waals surface area contributed by atoms with E-state index in [-0.39, 0.29) is 0 Å². The molecule has 1 heteroatoms. The molecule has 1 atom stereocenters. The molecule has 0 aromatic heterocycles. The summed E-state index contributed by atoms with van der Waals surface area (Å²) in [5, 5.41) is 9.04. The van der Waals surface area contributed by atoms with Crippen LogP contribution in [0.15, 0.2) is 0 Å². The highest BCUT2D eigenvalue weighted by molar-refractivity contribution is 4.60. The minimum absolute atomic E-state index is 0.380. The predicted octanol–water partition coefficient (Wildman–Crippen LogP) is 5.32. The smallest absolute Gasteiger partial charge is 0.0433 e. The van der Waals surface area contributed by atoms with Crippen LogP contribution in [0.25, 0.3) is 0 Å². The Kier molecular flexibility index (Phi) is 14.0. The predicted molar refractivity (Wildman–Crippen MR) is 77.3 cm³/mol. The van der Waals surface area contributed by atoms with Crippen molar-refractivity contribution >= 4 is 0 Å². The van der Waals surface area contributed by atoms with Gasteiger partial charge < -0.3 is 5.11 Å². The molecule has 0 bridgehead atoms. The molecular formula is C16H34O. The summed E-state index contributed by atoms with van der Waals surface area (Å²) in [4.78, 5) is 0. The van der Waals surface area contributed by atoms with Crippen LogP contribution in [0.3, 0.4) is 0 Å². The molecule has 0 saturated heterocycles. The van der Waals surface area contributed by atoms with Crippen molar-refractivity contribution in [2.45, 2.75) is 90.9 Å². The summed E-state index contributed by atoms with van der Waals surface area (Å²) in [6, 6.07) is 0. The largest absolute Gasteiger partial charge is 0.396 e. The van der Waals surface area contributed by atoms with Crippen molar-refractivity contribution in [2.75, 3.05) is 6.61 Å². The molecule has 0 fully saturated rings. The lowest BCUT2D eigenvalue weighted by Crippen LogP contribution is -2.03. The molecule has 0 radical (unpaired) electrons. The van der Waals surface area contributed by atoms with E-state index in [1.807, 2.05) is 0 Å². The lowest BCUT2D eigenvalue weighted by atomic mass is 9.92. The first-order valence-corrected chi connectivity index (χ1v) is 7.96. The van der Waals surface area contributed by atoms with E-state index in [1.165, 1.54) is 70.6 Å². The topological polar surface area (TPSA) is 20.2 Å². The number of hydrogen-bond acceptors (Lipinski definition) is 1. The summed E-state index contributed by atoms with van der Waals surface area (Å²) < 4.78 is 0. The zero-order valence-electron chi connectivity index (χ0n) is 12.2. The van der Waals surface area contributed by atoms with Crippen LogP contribution in [-0.2, 0) is 0 Å². The number of hydrogen-bond donors (Lipinski definition) is 1. The van der Waals surface area contributed by atoms with E-state index in [2.05, 4.69) is 13.8 Å². The lowest BCUT2D eigenvalue weighted by molar-refractivity contribution is 0.242. The molecule has 1 N–H and O–H groups in total. The molecule has 17 heavy (non-hydrogen) atoms. The Labute approximate surface area is 109 Å². The normalized spacial score (nSPS) is 12.9. The van der Waals surface area contributed by atoms with E-state index in [9.17, 15) is 0 Å². The Morgan fingerprint density at radius 1 is 0.647 bits per heavy atom. The molecule has 0 aromatic carbocycles. The third-order valence-corrected chi connectivity index (χ3v) is 3.72. The van der Waals surface area contributed by atoms with Crippen molar-refractivity contribution in [1.29, 1.82) is 0 Å². The molecule has 0 aliphatic carbocycles. The van der Waals surface area contributed by atoms with Crippen LogP contribution in [0.2, 0.25) is 0 Å². The summed E-state index contributed by atoms with van der Waals surface area (Å²) in [5.41, 5.74) is 0. The molecule has 0 rings (SSSR count). The van der Waals surface area contributed by atoms with E-state index in [1.54, 1.807) is 0 Å². The maximum atomic E-state index is 9.04. The van der Waals surface area contributed by atoms with Gasteiger partial charge in [-0.3, -0.25) is 0 Å². The Hall–Kier alpha value is -0.0400. The van der Waals surface area contributed by atoms with Gasteiger partial charge in [-0.25, -0.2) is 0 Å². The molecule has 104 valence electrons. The quantitative estimate of drug-likeness (QED) is 0.434. The third-order valence-electron chi connectivity index (χ3n) is 3.72. The van der Waals surface area contributed by atoms with Gasteiger partial charge in [0.2, 0.25) is 0 Å². The first kappa shape index (κ1) is 17.0. The third kappa shape index (κ3) is 12.2. The number of aliphatic hydroxyl groups is 1. The zero-order chi connectivity index (χ0) is 12.8. The number of aliphatic hydroxyl groups excluding tert-OH is 1. The Balaban J connectivity index is 3.34. The molecule has 0 aliphatic heterocycles. The van der Waals surface area contributed by atoms with Crippen LogP contribution in [0, 0.1) is 5.92 Å². The molecular weight excluding hydrogens is 208 g/mol. The van der Waals surface area contributed by atoms with Gasteiger partial charge in [0.25, 0.3) is 0 Å². The van der Waals surface area contributed by atoms with Crippen molar-refractivity contribution in [3.05, 3.63) is 0 Å². The van der Waals surface area contributed by atoms with Gasteiger partial charge >= 0.3 is 0 Å². The lowest BCUT2D eigenvalue weighted by Gasteiger charge is -2.15. The summed E-state index contributed by atoms with van der Waals surface area (Å²) in [6.07, 6.45) is 16.1. The SMILES string of the molecule is CCCCCCCCCC(CCO)CCCC. The van der Waals surface area contributed by atoms with Gasteiger partial charge in [0.05, 0.1) is 0 Å². The van der Waals surface area contributed by atoms with Crippen molar-refractivity contribution in [1.82, 2.24) is 0 Å². The average Bonchev–Trinajstić information content (AvgIpc) is 2.34. The van der Waals surface area contributed by atoms with Crippen LogP contribution < -0.4 is 0 Å². The second kappa shape index (κ2) is 14.0. The summed E-state index contributed by atoms with van der Waals surface area (Å²) in [6.45, 7) is 4.90. The molecule has 1 unspecified atom stereocenters. The Morgan fingerprint density at radius 3 is 1.76 bits per heavy atom. The highest BCUT2D eigenvalue weighted by atomic mass is 16.3. The number of rotatable bonds is 13. The van der Waals surface area contributed by atoms with Crippen molar-refractivity contribution < 1.29 is 5.11 Å². The minimum atomic E-state index is 0.380. The van der Waals surface area contributed by atoms with Gasteiger partial charge in [-0.1, -0.05) is 84.5 Å². The maximum absolute atomic E-state index is 9.04. The molecule has 0 spiro atoms. The van der Waals surface area contributed by atoms with Gasteiger partial charge in [0.15, 0.2) is 0 Å². The second-order valence-corrected chi connectivity index (χ2v) is 5.43. The second-order valence-electron chi connectivity index (χ2n) is 5.43.